The average molecular weight is 627 g/mol. The molecule has 242 valence electrons. The van der Waals surface area contributed by atoms with Gasteiger partial charge in [-0.25, -0.2) is 13.2 Å². The molecule has 0 aromatic heterocycles. The predicted octanol–water partition coefficient (Wildman–Crippen LogP) is 1.51. The number of carbonyl (C=O) groups is 4. The first kappa shape index (κ1) is 33.2. The highest BCUT2D eigenvalue weighted by Gasteiger charge is 2.62. The highest BCUT2D eigenvalue weighted by Crippen LogP contribution is 2.46. The molecular weight excluding hydrogens is 580 g/mol. The molecule has 2 heterocycles. The van der Waals surface area contributed by atoms with Crippen molar-refractivity contribution in [1.82, 2.24) is 20.3 Å². The number of nitrogens with one attached hydrogen (secondary N) is 3. The molecule has 1 saturated heterocycles. The minimum Gasteiger partial charge on any atom is -0.444 e. The van der Waals surface area contributed by atoms with E-state index in [0.29, 0.717) is 25.9 Å². The number of fused-ring (bicyclic) bond motifs is 2. The van der Waals surface area contributed by atoms with Crippen molar-refractivity contribution in [3.05, 3.63) is 12.2 Å². The number of rotatable bonds is 5. The van der Waals surface area contributed by atoms with Crippen LogP contribution in [0, 0.1) is 5.92 Å². The van der Waals surface area contributed by atoms with Gasteiger partial charge in [-0.3, -0.25) is 19.1 Å². The van der Waals surface area contributed by atoms with Crippen molar-refractivity contribution in [2.75, 3.05) is 19.8 Å². The lowest BCUT2D eigenvalue weighted by molar-refractivity contribution is -0.141. The first-order valence-corrected chi connectivity index (χ1v) is 16.6. The molecule has 0 unspecified atom stereocenters. The van der Waals surface area contributed by atoms with Crippen LogP contribution in [-0.2, 0) is 38.6 Å². The summed E-state index contributed by atoms with van der Waals surface area (Å²) < 4.78 is 44.6. The maximum atomic E-state index is 14.0. The van der Waals surface area contributed by atoms with E-state index in [1.165, 1.54) is 4.90 Å². The molecule has 2 aliphatic heterocycles. The summed E-state index contributed by atoms with van der Waals surface area (Å²) >= 11 is 0. The Bertz CT molecular complexity index is 1240. The van der Waals surface area contributed by atoms with E-state index in [2.05, 4.69) is 15.4 Å². The van der Waals surface area contributed by atoms with E-state index in [9.17, 15) is 27.6 Å². The summed E-state index contributed by atoms with van der Waals surface area (Å²) in [6, 6.07) is -2.02. The summed E-state index contributed by atoms with van der Waals surface area (Å²) in [5, 5.41) is 4.87. The van der Waals surface area contributed by atoms with Gasteiger partial charge in [0, 0.05) is 25.5 Å². The number of amides is 4. The van der Waals surface area contributed by atoms with Crippen LogP contribution < -0.4 is 15.4 Å². The standard InChI is InChI=1S/C29H46N4O9S/c1-27(2,3)41-19-15-22-23(34)31-29(25(36)32-43(38,39)20-11-12-20)16-18(29)9-7-13-40-14-8-10-21(24(35)33(22)17-19)30-26(37)42-28(4,5)6/h7,9,18-22H,8,10-17H2,1-6H3,(H,30,37)(H,31,34)(H,32,36)/b9-7-/t18-,19-,21+,22+,29-/m1/s1. The van der Waals surface area contributed by atoms with Crippen LogP contribution in [-0.4, -0.2) is 97.1 Å². The van der Waals surface area contributed by atoms with Crippen LogP contribution in [0.4, 0.5) is 4.79 Å². The number of ether oxygens (including phenoxy) is 3. The topological polar surface area (TPSA) is 169 Å². The first-order chi connectivity index (χ1) is 19.9. The van der Waals surface area contributed by atoms with Gasteiger partial charge in [0.25, 0.3) is 5.91 Å². The van der Waals surface area contributed by atoms with E-state index < -0.39 is 79.9 Å². The molecular formula is C29H46N4O9S. The van der Waals surface area contributed by atoms with Gasteiger partial charge >= 0.3 is 6.09 Å². The molecule has 5 atom stereocenters. The number of hydrogen-bond donors (Lipinski definition) is 3. The van der Waals surface area contributed by atoms with Crippen LogP contribution in [0.1, 0.15) is 80.1 Å². The van der Waals surface area contributed by atoms with Crippen LogP contribution in [0.5, 0.6) is 0 Å². The van der Waals surface area contributed by atoms with Crippen molar-refractivity contribution in [1.29, 1.82) is 0 Å². The number of alkyl carbamates (subject to hydrolysis) is 1. The predicted molar refractivity (Wildman–Crippen MR) is 156 cm³/mol. The maximum Gasteiger partial charge on any atom is 0.408 e. The van der Waals surface area contributed by atoms with Crippen molar-refractivity contribution in [3.63, 3.8) is 0 Å². The zero-order chi connectivity index (χ0) is 31.8. The number of hydrogen-bond acceptors (Lipinski definition) is 9. The zero-order valence-corrected chi connectivity index (χ0v) is 26.8. The lowest BCUT2D eigenvalue weighted by Gasteiger charge is -2.30. The average Bonchev–Trinajstić information content (AvgIpc) is 3.77. The van der Waals surface area contributed by atoms with Gasteiger partial charge in [-0.1, -0.05) is 12.2 Å². The summed E-state index contributed by atoms with van der Waals surface area (Å²) in [5.74, 6) is -2.32. The Morgan fingerprint density at radius 3 is 2.42 bits per heavy atom. The molecule has 2 aliphatic carbocycles. The van der Waals surface area contributed by atoms with Gasteiger partial charge in [0.1, 0.15) is 23.2 Å². The van der Waals surface area contributed by atoms with Crippen molar-refractivity contribution < 1.29 is 41.8 Å². The van der Waals surface area contributed by atoms with Crippen LogP contribution >= 0.6 is 0 Å². The monoisotopic (exact) mass is 626 g/mol. The summed E-state index contributed by atoms with van der Waals surface area (Å²) in [6.07, 6.45) is 4.25. The van der Waals surface area contributed by atoms with Crippen molar-refractivity contribution in [2.24, 2.45) is 5.92 Å². The van der Waals surface area contributed by atoms with E-state index in [1.807, 2.05) is 20.8 Å². The molecule has 0 radical (unpaired) electrons. The SMILES string of the molecule is CC(C)(C)OC(=O)N[C@H]1CCCOC/C=C\[C@@H]2C[C@@]2(C(=O)NS(=O)(=O)C2CC2)NC(=O)[C@@H]2C[C@@H](OC(C)(C)C)CN2C1=O. The second-order valence-electron chi connectivity index (χ2n) is 13.9. The van der Waals surface area contributed by atoms with Crippen LogP contribution in [0.15, 0.2) is 12.2 Å². The quantitative estimate of drug-likeness (QED) is 0.383. The van der Waals surface area contributed by atoms with Crippen LogP contribution in [0.25, 0.3) is 0 Å². The maximum absolute atomic E-state index is 14.0. The molecule has 0 spiro atoms. The van der Waals surface area contributed by atoms with Gasteiger partial charge in [-0.15, -0.1) is 0 Å². The highest BCUT2D eigenvalue weighted by molar-refractivity contribution is 7.91. The lowest BCUT2D eigenvalue weighted by atomic mass is 10.1. The van der Waals surface area contributed by atoms with Gasteiger partial charge in [0.15, 0.2) is 0 Å². The molecule has 0 aromatic rings. The summed E-state index contributed by atoms with van der Waals surface area (Å²) in [4.78, 5) is 55.4. The van der Waals surface area contributed by atoms with Crippen molar-refractivity contribution in [2.45, 2.75) is 120 Å². The van der Waals surface area contributed by atoms with Crippen LogP contribution in [0.2, 0.25) is 0 Å². The molecule has 4 rings (SSSR count). The molecule has 4 amide bonds. The molecule has 43 heavy (non-hydrogen) atoms. The van der Waals surface area contributed by atoms with E-state index in [0.717, 1.165) is 0 Å². The third kappa shape index (κ3) is 8.69. The molecule has 2 saturated carbocycles. The summed E-state index contributed by atoms with van der Waals surface area (Å²) in [7, 11) is -3.85. The summed E-state index contributed by atoms with van der Waals surface area (Å²) in [5.41, 5.74) is -2.83. The molecule has 0 aromatic carbocycles. The van der Waals surface area contributed by atoms with Gasteiger partial charge in [-0.05, 0) is 73.6 Å². The van der Waals surface area contributed by atoms with E-state index in [4.69, 9.17) is 14.2 Å². The van der Waals surface area contributed by atoms with Gasteiger partial charge in [-0.2, -0.15) is 0 Å². The molecule has 3 N–H and O–H groups in total. The molecule has 4 aliphatic rings. The zero-order valence-electron chi connectivity index (χ0n) is 25.9. The summed E-state index contributed by atoms with van der Waals surface area (Å²) in [6.45, 7) is 11.4. The minimum absolute atomic E-state index is 0.0930. The smallest absolute Gasteiger partial charge is 0.408 e. The Morgan fingerprint density at radius 1 is 1.09 bits per heavy atom. The van der Waals surface area contributed by atoms with Crippen molar-refractivity contribution >= 4 is 33.8 Å². The van der Waals surface area contributed by atoms with E-state index >= 15 is 0 Å². The van der Waals surface area contributed by atoms with Crippen LogP contribution in [0.3, 0.4) is 0 Å². The van der Waals surface area contributed by atoms with Crippen molar-refractivity contribution in [3.8, 4) is 0 Å². The Balaban J connectivity index is 1.62. The number of nitrogens with zero attached hydrogens (tertiary/aromatic N) is 1. The molecule has 13 nitrogen and oxygen atoms in total. The minimum atomic E-state index is -3.85. The van der Waals surface area contributed by atoms with E-state index in [-0.39, 0.29) is 32.4 Å². The fraction of sp³-hybridized carbons (Fsp3) is 0.793. The number of sulfonamides is 1. The van der Waals surface area contributed by atoms with Gasteiger partial charge < -0.3 is 29.7 Å². The second-order valence-corrected chi connectivity index (χ2v) is 15.8. The Kier molecular flexibility index (Phi) is 9.53. The fourth-order valence-corrected chi connectivity index (χ4v) is 6.87. The Labute approximate surface area is 253 Å². The third-order valence-corrected chi connectivity index (χ3v) is 9.50. The molecule has 14 heteroatoms. The fourth-order valence-electron chi connectivity index (χ4n) is 5.51. The molecule has 3 fully saturated rings. The van der Waals surface area contributed by atoms with Gasteiger partial charge in [0.05, 0.1) is 23.6 Å². The van der Waals surface area contributed by atoms with Gasteiger partial charge in [0.2, 0.25) is 21.8 Å². The number of carbonyl (C=O) groups excluding carboxylic acids is 4. The second kappa shape index (κ2) is 12.4. The largest absolute Gasteiger partial charge is 0.444 e. The van der Waals surface area contributed by atoms with E-state index in [1.54, 1.807) is 32.9 Å². The Hall–Kier alpha value is -2.71. The molecule has 0 bridgehead atoms. The third-order valence-electron chi connectivity index (χ3n) is 7.69. The Morgan fingerprint density at radius 2 is 1.79 bits per heavy atom. The highest BCUT2D eigenvalue weighted by atomic mass is 32.2. The normalized spacial score (nSPS) is 31.4. The first-order valence-electron chi connectivity index (χ1n) is 15.0. The lowest BCUT2D eigenvalue weighted by Crippen LogP contribution is -2.58.